The van der Waals surface area contributed by atoms with E-state index in [1.54, 1.807) is 6.92 Å². The number of ketones is 1. The summed E-state index contributed by atoms with van der Waals surface area (Å²) < 4.78 is 1.85. The molecule has 0 radical (unpaired) electrons. The van der Waals surface area contributed by atoms with Gasteiger partial charge in [-0.05, 0) is 31.7 Å². The number of Topliss-reactive ketones (excluding diaryl/α,β-unsaturated/α-hetero) is 1. The quantitative estimate of drug-likeness (QED) is 0.762. The van der Waals surface area contributed by atoms with E-state index in [9.17, 15) is 4.79 Å². The molecule has 1 aromatic rings. The summed E-state index contributed by atoms with van der Waals surface area (Å²) >= 11 is 0. The number of rotatable bonds is 4. The topological polar surface area (TPSA) is 34.9 Å². The Bertz CT molecular complexity index is 364. The van der Waals surface area contributed by atoms with E-state index in [2.05, 4.69) is 25.9 Å². The van der Waals surface area contributed by atoms with Gasteiger partial charge in [0, 0.05) is 5.69 Å². The van der Waals surface area contributed by atoms with Crippen LogP contribution in [0.5, 0.6) is 0 Å². The standard InChI is InChI=1S/C12H20N2O/c1-6-11-12(8(2)3)10(5)13-14(11)7-9(4)15/h8H,6-7H2,1-5H3. The number of hydrogen-bond acceptors (Lipinski definition) is 2. The molecule has 1 heterocycles. The maximum atomic E-state index is 11.1. The van der Waals surface area contributed by atoms with Crippen molar-refractivity contribution in [1.82, 2.24) is 9.78 Å². The van der Waals surface area contributed by atoms with Crippen LogP contribution in [-0.4, -0.2) is 15.6 Å². The molecule has 1 aromatic heterocycles. The summed E-state index contributed by atoms with van der Waals surface area (Å²) in [6, 6.07) is 0. The third-order valence-corrected chi connectivity index (χ3v) is 2.57. The maximum absolute atomic E-state index is 11.1. The lowest BCUT2D eigenvalue weighted by molar-refractivity contribution is -0.117. The molecule has 0 spiro atoms. The SMILES string of the molecule is CCc1c(C(C)C)c(C)nn1CC(C)=O. The van der Waals surface area contributed by atoms with Crippen molar-refractivity contribution in [2.45, 2.75) is 53.5 Å². The predicted molar refractivity (Wildman–Crippen MR) is 61.1 cm³/mol. The van der Waals surface area contributed by atoms with Gasteiger partial charge >= 0.3 is 0 Å². The molecule has 0 unspecified atom stereocenters. The average molecular weight is 208 g/mol. The fraction of sp³-hybridized carbons (Fsp3) is 0.667. The largest absolute Gasteiger partial charge is 0.298 e. The molecule has 0 fully saturated rings. The molecule has 0 aliphatic rings. The summed E-state index contributed by atoms with van der Waals surface area (Å²) in [6.07, 6.45) is 0.932. The average Bonchev–Trinajstić information content (AvgIpc) is 2.40. The molecule has 0 saturated heterocycles. The Morgan fingerprint density at radius 2 is 2.07 bits per heavy atom. The highest BCUT2D eigenvalue weighted by Crippen LogP contribution is 2.23. The number of nitrogens with zero attached hydrogens (tertiary/aromatic N) is 2. The van der Waals surface area contributed by atoms with Gasteiger partial charge < -0.3 is 0 Å². The zero-order valence-corrected chi connectivity index (χ0v) is 10.3. The van der Waals surface area contributed by atoms with Crippen LogP contribution in [0.25, 0.3) is 0 Å². The van der Waals surface area contributed by atoms with Gasteiger partial charge in [-0.2, -0.15) is 5.10 Å². The van der Waals surface area contributed by atoms with Crippen LogP contribution >= 0.6 is 0 Å². The summed E-state index contributed by atoms with van der Waals surface area (Å²) in [5.41, 5.74) is 3.57. The Balaban J connectivity index is 3.18. The van der Waals surface area contributed by atoms with Crippen molar-refractivity contribution in [2.24, 2.45) is 0 Å². The summed E-state index contributed by atoms with van der Waals surface area (Å²) in [5, 5.41) is 4.44. The molecule has 3 nitrogen and oxygen atoms in total. The van der Waals surface area contributed by atoms with Crippen LogP contribution in [0.1, 0.15) is 50.6 Å². The van der Waals surface area contributed by atoms with E-state index in [1.807, 2.05) is 11.6 Å². The number of hydrogen-bond donors (Lipinski definition) is 0. The lowest BCUT2D eigenvalue weighted by atomic mass is 10.00. The zero-order valence-electron chi connectivity index (χ0n) is 10.3. The van der Waals surface area contributed by atoms with Crippen molar-refractivity contribution in [1.29, 1.82) is 0 Å². The predicted octanol–water partition coefficient (Wildman–Crippen LogP) is 2.47. The van der Waals surface area contributed by atoms with E-state index in [-0.39, 0.29) is 5.78 Å². The zero-order chi connectivity index (χ0) is 11.6. The van der Waals surface area contributed by atoms with Gasteiger partial charge in [0.1, 0.15) is 0 Å². The minimum atomic E-state index is 0.155. The fourth-order valence-electron chi connectivity index (χ4n) is 2.11. The number of aromatic nitrogens is 2. The van der Waals surface area contributed by atoms with Crippen LogP contribution in [0.3, 0.4) is 0 Å². The van der Waals surface area contributed by atoms with Gasteiger partial charge in [-0.1, -0.05) is 20.8 Å². The second-order valence-corrected chi connectivity index (χ2v) is 4.31. The summed E-state index contributed by atoms with van der Waals surface area (Å²) in [6.45, 7) is 10.5. The molecule has 0 bridgehead atoms. The smallest absolute Gasteiger partial charge is 0.151 e. The Labute approximate surface area is 91.5 Å². The highest BCUT2D eigenvalue weighted by Gasteiger charge is 2.16. The molecule has 0 saturated carbocycles. The van der Waals surface area contributed by atoms with Crippen molar-refractivity contribution in [3.05, 3.63) is 17.0 Å². The first kappa shape index (κ1) is 12.0. The second kappa shape index (κ2) is 4.60. The van der Waals surface area contributed by atoms with Crippen molar-refractivity contribution in [3.8, 4) is 0 Å². The van der Waals surface area contributed by atoms with Crippen LogP contribution in [0, 0.1) is 6.92 Å². The van der Waals surface area contributed by atoms with Crippen molar-refractivity contribution < 1.29 is 4.79 Å². The minimum Gasteiger partial charge on any atom is -0.298 e. The molecule has 0 amide bonds. The van der Waals surface area contributed by atoms with Crippen LogP contribution < -0.4 is 0 Å². The number of carbonyl (C=O) groups excluding carboxylic acids is 1. The molecular formula is C12H20N2O. The first-order valence-electron chi connectivity index (χ1n) is 5.53. The van der Waals surface area contributed by atoms with Gasteiger partial charge in [-0.3, -0.25) is 9.48 Å². The fourth-order valence-corrected chi connectivity index (χ4v) is 2.11. The van der Waals surface area contributed by atoms with Gasteiger partial charge in [0.15, 0.2) is 5.78 Å². The molecule has 0 aromatic carbocycles. The van der Waals surface area contributed by atoms with E-state index in [0.717, 1.165) is 12.1 Å². The van der Waals surface area contributed by atoms with Crippen molar-refractivity contribution in [3.63, 3.8) is 0 Å². The molecular weight excluding hydrogens is 188 g/mol. The first-order valence-corrected chi connectivity index (χ1v) is 5.53. The van der Waals surface area contributed by atoms with E-state index >= 15 is 0 Å². The Morgan fingerprint density at radius 3 is 2.47 bits per heavy atom. The van der Waals surface area contributed by atoms with Gasteiger partial charge in [-0.15, -0.1) is 0 Å². The monoisotopic (exact) mass is 208 g/mol. The van der Waals surface area contributed by atoms with Gasteiger partial charge in [0.05, 0.1) is 12.2 Å². The Kier molecular flexibility index (Phi) is 3.66. The van der Waals surface area contributed by atoms with E-state index in [0.29, 0.717) is 12.5 Å². The summed E-state index contributed by atoms with van der Waals surface area (Å²) in [5.74, 6) is 0.628. The van der Waals surface area contributed by atoms with Crippen LogP contribution in [0.4, 0.5) is 0 Å². The molecule has 0 aliphatic heterocycles. The number of carbonyl (C=O) groups is 1. The van der Waals surface area contributed by atoms with Gasteiger partial charge in [-0.25, -0.2) is 0 Å². The van der Waals surface area contributed by atoms with Gasteiger partial charge in [0.2, 0.25) is 0 Å². The molecule has 15 heavy (non-hydrogen) atoms. The summed E-state index contributed by atoms with van der Waals surface area (Å²) in [4.78, 5) is 11.1. The highest BCUT2D eigenvalue weighted by molar-refractivity contribution is 5.75. The molecule has 1 rings (SSSR count). The number of aryl methyl sites for hydroxylation is 1. The van der Waals surface area contributed by atoms with Crippen molar-refractivity contribution in [2.75, 3.05) is 0 Å². The molecule has 84 valence electrons. The van der Waals surface area contributed by atoms with E-state index < -0.39 is 0 Å². The van der Waals surface area contributed by atoms with Gasteiger partial charge in [0.25, 0.3) is 0 Å². The third-order valence-electron chi connectivity index (χ3n) is 2.57. The van der Waals surface area contributed by atoms with E-state index in [1.165, 1.54) is 11.3 Å². The molecule has 0 atom stereocenters. The minimum absolute atomic E-state index is 0.155. The second-order valence-electron chi connectivity index (χ2n) is 4.31. The van der Waals surface area contributed by atoms with Crippen LogP contribution in [0.2, 0.25) is 0 Å². The lowest BCUT2D eigenvalue weighted by Crippen LogP contribution is -2.11. The Morgan fingerprint density at radius 1 is 1.47 bits per heavy atom. The normalized spacial score (nSPS) is 11.1. The Hall–Kier alpha value is -1.12. The van der Waals surface area contributed by atoms with E-state index in [4.69, 9.17) is 0 Å². The summed E-state index contributed by atoms with van der Waals surface area (Å²) in [7, 11) is 0. The highest BCUT2D eigenvalue weighted by atomic mass is 16.1. The van der Waals surface area contributed by atoms with Crippen molar-refractivity contribution >= 4 is 5.78 Å². The first-order chi connectivity index (χ1) is 6.97. The van der Waals surface area contributed by atoms with Crippen LogP contribution in [0.15, 0.2) is 0 Å². The third kappa shape index (κ3) is 2.46. The molecule has 3 heteroatoms. The molecule has 0 aliphatic carbocycles. The molecule has 0 N–H and O–H groups in total. The maximum Gasteiger partial charge on any atom is 0.151 e. The van der Waals surface area contributed by atoms with Crippen LogP contribution in [-0.2, 0) is 17.8 Å². The lowest BCUT2D eigenvalue weighted by Gasteiger charge is -2.08.